The number of nitrogens with zero attached hydrogens (tertiary/aromatic N) is 1. The maximum absolute atomic E-state index is 6.25. The minimum Gasteiger partial charge on any atom is -0.381 e. The summed E-state index contributed by atoms with van der Waals surface area (Å²) in [6, 6.07) is 8.28. The Morgan fingerprint density at radius 1 is 1.43 bits per heavy atom. The van der Waals surface area contributed by atoms with Gasteiger partial charge in [-0.3, -0.25) is 0 Å². The molecule has 1 unspecified atom stereocenters. The van der Waals surface area contributed by atoms with Crippen molar-refractivity contribution in [3.63, 3.8) is 0 Å². The van der Waals surface area contributed by atoms with Gasteiger partial charge >= 0.3 is 0 Å². The van der Waals surface area contributed by atoms with Gasteiger partial charge in [0.1, 0.15) is 0 Å². The van der Waals surface area contributed by atoms with Crippen molar-refractivity contribution >= 4 is 17.3 Å². The first-order valence-electron chi connectivity index (χ1n) is 4.47. The third kappa shape index (κ3) is 4.11. The number of rotatable bonds is 3. The Bertz CT molecular complexity index is 286. The molecule has 0 aliphatic heterocycles. The summed E-state index contributed by atoms with van der Waals surface area (Å²) < 4.78 is 0. The van der Waals surface area contributed by atoms with E-state index >= 15 is 0 Å². The highest BCUT2D eigenvalue weighted by Crippen LogP contribution is 2.21. The highest BCUT2D eigenvalue weighted by atomic mass is 35.5. The topological polar surface area (TPSA) is 59.6 Å². The molecule has 14 heavy (non-hydrogen) atoms. The van der Waals surface area contributed by atoms with Crippen molar-refractivity contribution in [2.45, 2.75) is 26.3 Å². The Hall–Kier alpha value is -1.27. The van der Waals surface area contributed by atoms with Crippen molar-refractivity contribution in [2.75, 3.05) is 5.32 Å². The Morgan fingerprint density at radius 3 is 2.50 bits per heavy atom. The second kappa shape index (κ2) is 7.16. The molecule has 1 atom stereocenters. The maximum Gasteiger partial charge on any atom is 0.212 e. The van der Waals surface area contributed by atoms with Gasteiger partial charge in [0, 0.05) is 6.04 Å². The van der Waals surface area contributed by atoms with Crippen molar-refractivity contribution in [2.24, 2.45) is 0 Å². The molecule has 0 radical (unpaired) electrons. The summed E-state index contributed by atoms with van der Waals surface area (Å²) in [6.07, 6.45) is 1.10. The van der Waals surface area contributed by atoms with Gasteiger partial charge < -0.3 is 5.32 Å². The van der Waals surface area contributed by atoms with E-state index in [1.807, 2.05) is 24.3 Å². The lowest BCUT2D eigenvalue weighted by Gasteiger charge is -2.13. The molecule has 1 aromatic rings. The third-order valence-electron chi connectivity index (χ3n) is 1.89. The average molecular weight is 213 g/mol. The first-order chi connectivity index (χ1) is 6.74. The smallest absolute Gasteiger partial charge is 0.212 e. The van der Waals surface area contributed by atoms with E-state index in [1.54, 1.807) is 0 Å². The van der Waals surface area contributed by atoms with Crippen LogP contribution >= 0.6 is 11.6 Å². The molecular formula is C10H15ClN3+. The highest BCUT2D eigenvalue weighted by Gasteiger charge is 2.01. The van der Waals surface area contributed by atoms with Gasteiger partial charge in [-0.2, -0.15) is 0 Å². The number of hydrogen-bond acceptors (Lipinski definition) is 2. The number of benzene rings is 1. The Kier molecular flexibility index (Phi) is 6.51. The number of anilines is 1. The molecule has 0 spiro atoms. The quantitative estimate of drug-likeness (QED) is 0.751. The number of hydrogen-bond donors (Lipinski definition) is 2. The fraction of sp³-hybridized carbons (Fsp3) is 0.400. The molecule has 3 nitrogen and oxygen atoms in total. The second-order valence-corrected chi connectivity index (χ2v) is 3.34. The SMILES string of the molecule is CCC(C)Nc1ccccc1Cl.N#[NH+]. The minimum absolute atomic E-state index is 0.477. The number of para-hydroxylation sites is 1. The average Bonchev–Trinajstić information content (AvgIpc) is 2.24. The lowest BCUT2D eigenvalue weighted by molar-refractivity contribution is -0.175. The molecule has 2 N–H and O–H groups in total. The van der Waals surface area contributed by atoms with Crippen molar-refractivity contribution in [3.8, 4) is 0 Å². The van der Waals surface area contributed by atoms with Crippen LogP contribution in [0.2, 0.25) is 5.02 Å². The molecule has 0 amide bonds. The van der Waals surface area contributed by atoms with Crippen LogP contribution in [-0.2, 0) is 0 Å². The molecule has 0 aromatic heterocycles. The van der Waals surface area contributed by atoms with E-state index in [2.05, 4.69) is 19.2 Å². The first-order valence-corrected chi connectivity index (χ1v) is 4.85. The molecule has 0 heterocycles. The summed E-state index contributed by atoms with van der Waals surface area (Å²) >= 11 is 5.96. The Balaban J connectivity index is 0.000000791. The van der Waals surface area contributed by atoms with E-state index in [9.17, 15) is 0 Å². The summed E-state index contributed by atoms with van der Waals surface area (Å²) in [7, 11) is 0. The number of diazo groups is 1. The van der Waals surface area contributed by atoms with Crippen LogP contribution in [0.25, 0.3) is 0 Å². The highest BCUT2D eigenvalue weighted by molar-refractivity contribution is 6.33. The van der Waals surface area contributed by atoms with E-state index in [-0.39, 0.29) is 0 Å². The lowest BCUT2D eigenvalue weighted by atomic mass is 10.2. The van der Waals surface area contributed by atoms with Gasteiger partial charge in [-0.1, -0.05) is 30.7 Å². The normalized spacial score (nSPS) is 10.9. The van der Waals surface area contributed by atoms with E-state index < -0.39 is 0 Å². The van der Waals surface area contributed by atoms with Gasteiger partial charge in [0.25, 0.3) is 0 Å². The number of halogens is 1. The van der Waals surface area contributed by atoms with Crippen LogP contribution in [0.5, 0.6) is 0 Å². The van der Waals surface area contributed by atoms with Gasteiger partial charge in [-0.15, -0.1) is 0 Å². The van der Waals surface area contributed by atoms with Crippen molar-refractivity contribution in [1.82, 2.24) is 0 Å². The molecule has 0 fully saturated rings. The van der Waals surface area contributed by atoms with Gasteiger partial charge in [0.2, 0.25) is 5.39 Å². The summed E-state index contributed by atoms with van der Waals surface area (Å²) in [5, 5.41) is 15.1. The molecule has 0 saturated carbocycles. The largest absolute Gasteiger partial charge is 0.381 e. The summed E-state index contributed by atoms with van der Waals surface area (Å²) in [5.41, 5.74) is 1.02. The van der Waals surface area contributed by atoms with Crippen LogP contribution in [0, 0.1) is 5.39 Å². The number of nitrogens with one attached hydrogen (secondary N) is 2. The van der Waals surface area contributed by atoms with Crippen LogP contribution in [0.15, 0.2) is 24.3 Å². The minimum atomic E-state index is 0.477. The van der Waals surface area contributed by atoms with E-state index in [0.717, 1.165) is 17.1 Å². The predicted octanol–water partition coefficient (Wildman–Crippen LogP) is 1.83. The van der Waals surface area contributed by atoms with Gasteiger partial charge in [-0.25, -0.2) is 0 Å². The molecule has 0 bridgehead atoms. The molecule has 4 heteroatoms. The van der Waals surface area contributed by atoms with Gasteiger partial charge in [0.05, 0.1) is 16.1 Å². The zero-order valence-electron chi connectivity index (χ0n) is 8.42. The first kappa shape index (κ1) is 12.7. The Morgan fingerprint density at radius 2 is 2.00 bits per heavy atom. The van der Waals surface area contributed by atoms with Crippen molar-refractivity contribution in [3.05, 3.63) is 29.3 Å². The summed E-state index contributed by atoms with van der Waals surface area (Å²) in [4.78, 5) is 0. The molecule has 0 aliphatic rings. The van der Waals surface area contributed by atoms with E-state index in [4.69, 9.17) is 22.4 Å². The molecule has 0 aliphatic carbocycles. The van der Waals surface area contributed by atoms with Crippen LogP contribution < -0.4 is 10.7 Å². The maximum atomic E-state index is 6.25. The molecular weight excluding hydrogens is 198 g/mol. The second-order valence-electron chi connectivity index (χ2n) is 2.93. The molecule has 76 valence electrons. The summed E-state index contributed by atoms with van der Waals surface area (Å²) in [6.45, 7) is 4.29. The third-order valence-corrected chi connectivity index (χ3v) is 2.22. The van der Waals surface area contributed by atoms with Crippen molar-refractivity contribution < 1.29 is 5.39 Å². The zero-order valence-corrected chi connectivity index (χ0v) is 9.17. The predicted molar refractivity (Wildman–Crippen MR) is 57.5 cm³/mol. The van der Waals surface area contributed by atoms with Crippen LogP contribution in [0.3, 0.4) is 0 Å². The van der Waals surface area contributed by atoms with Crippen LogP contribution in [0.1, 0.15) is 20.3 Å². The molecule has 0 saturated heterocycles. The van der Waals surface area contributed by atoms with Crippen molar-refractivity contribution in [1.29, 1.82) is 5.39 Å². The molecule has 1 rings (SSSR count). The van der Waals surface area contributed by atoms with Gasteiger partial charge in [0.15, 0.2) is 0 Å². The Labute approximate surface area is 89.5 Å². The lowest BCUT2D eigenvalue weighted by Crippen LogP contribution is -2.13. The van der Waals surface area contributed by atoms with Gasteiger partial charge in [-0.05, 0) is 25.5 Å². The zero-order chi connectivity index (χ0) is 11.0. The van der Waals surface area contributed by atoms with E-state index in [1.165, 1.54) is 0 Å². The van der Waals surface area contributed by atoms with E-state index in [0.29, 0.717) is 6.04 Å². The fourth-order valence-corrected chi connectivity index (χ4v) is 1.14. The monoisotopic (exact) mass is 212 g/mol. The molecule has 1 aromatic carbocycles. The fourth-order valence-electron chi connectivity index (χ4n) is 0.946. The van der Waals surface area contributed by atoms with Crippen LogP contribution in [0.4, 0.5) is 5.69 Å². The standard InChI is InChI=1S/C10H14ClN.N2/c1-3-8(2)12-10-7-5-4-6-9(10)11;1-2/h4-8,12H,3H2,1-2H3;/p+1. The van der Waals surface area contributed by atoms with Crippen LogP contribution in [-0.4, -0.2) is 6.04 Å². The summed E-state index contributed by atoms with van der Waals surface area (Å²) in [5.74, 6) is 0.